The van der Waals surface area contributed by atoms with Gasteiger partial charge in [0.2, 0.25) is 0 Å². The molecule has 1 saturated heterocycles. The number of aromatic nitrogens is 2. The van der Waals surface area contributed by atoms with E-state index in [0.29, 0.717) is 5.69 Å². The van der Waals surface area contributed by atoms with Gasteiger partial charge in [-0.05, 0) is 50.3 Å². The van der Waals surface area contributed by atoms with Gasteiger partial charge in [0.25, 0.3) is 5.91 Å². The molecule has 25 heavy (non-hydrogen) atoms. The van der Waals surface area contributed by atoms with Gasteiger partial charge in [0, 0.05) is 23.4 Å². The number of halogens is 2. The molecule has 0 bridgehead atoms. The minimum atomic E-state index is -0.772. The number of carbonyl (C=O) groups is 1. The lowest BCUT2D eigenvalue weighted by Gasteiger charge is -2.25. The van der Waals surface area contributed by atoms with Gasteiger partial charge in [-0.2, -0.15) is 5.10 Å². The number of carbonyl (C=O) groups excluding carboxylic acids is 1. The van der Waals surface area contributed by atoms with Gasteiger partial charge in [-0.15, -0.1) is 0 Å². The molecule has 0 saturated carbocycles. The van der Waals surface area contributed by atoms with Crippen molar-refractivity contribution in [2.24, 2.45) is 0 Å². The van der Waals surface area contributed by atoms with Crippen molar-refractivity contribution in [2.45, 2.75) is 44.2 Å². The van der Waals surface area contributed by atoms with Crippen molar-refractivity contribution < 1.29 is 18.7 Å². The molecular weight excluding hydrogens is 328 g/mol. The van der Waals surface area contributed by atoms with E-state index in [1.54, 1.807) is 0 Å². The van der Waals surface area contributed by atoms with Crippen LogP contribution >= 0.6 is 0 Å². The maximum Gasteiger partial charge on any atom is 0.275 e. The van der Waals surface area contributed by atoms with Crippen molar-refractivity contribution in [2.75, 3.05) is 6.54 Å². The molecule has 2 N–H and O–H groups in total. The van der Waals surface area contributed by atoms with Crippen LogP contribution in [0.2, 0.25) is 0 Å². The molecule has 0 spiro atoms. The molecular formula is C18H19F2N3O2. The summed E-state index contributed by atoms with van der Waals surface area (Å²) in [5, 5.41) is 17.1. The van der Waals surface area contributed by atoms with Gasteiger partial charge in [0.1, 0.15) is 11.6 Å². The molecule has 132 valence electrons. The topological polar surface area (TPSA) is 69.2 Å². The van der Waals surface area contributed by atoms with Gasteiger partial charge in [0.05, 0.1) is 12.1 Å². The number of aliphatic hydroxyl groups excluding tert-OH is 1. The van der Waals surface area contributed by atoms with Crippen molar-refractivity contribution in [3.63, 3.8) is 0 Å². The Morgan fingerprint density at radius 2 is 2.08 bits per heavy atom. The number of hydrogen-bond acceptors (Lipinski definition) is 3. The van der Waals surface area contributed by atoms with E-state index in [0.717, 1.165) is 55.1 Å². The summed E-state index contributed by atoms with van der Waals surface area (Å²) in [6, 6.07) is 2.49. The molecule has 2 heterocycles. The van der Waals surface area contributed by atoms with Crippen LogP contribution in [0, 0.1) is 11.6 Å². The maximum absolute atomic E-state index is 14.2. The normalized spacial score (nSPS) is 22.9. The average molecular weight is 347 g/mol. The lowest BCUT2D eigenvalue weighted by molar-refractivity contribution is 0.0706. The lowest BCUT2D eigenvalue weighted by atomic mass is 9.95. The van der Waals surface area contributed by atoms with Crippen molar-refractivity contribution in [3.05, 3.63) is 52.3 Å². The zero-order valence-corrected chi connectivity index (χ0v) is 13.6. The number of aliphatic hydroxyl groups is 1. The van der Waals surface area contributed by atoms with E-state index in [4.69, 9.17) is 0 Å². The van der Waals surface area contributed by atoms with Crippen molar-refractivity contribution >= 4 is 5.91 Å². The number of rotatable bonds is 2. The van der Waals surface area contributed by atoms with E-state index in [9.17, 15) is 18.7 Å². The summed E-state index contributed by atoms with van der Waals surface area (Å²) in [5.41, 5.74) is 2.32. The predicted octanol–water partition coefficient (Wildman–Crippen LogP) is 2.51. The zero-order valence-electron chi connectivity index (χ0n) is 13.6. The highest BCUT2D eigenvalue weighted by molar-refractivity contribution is 5.94. The number of β-amino-alcohol motifs (C(OH)–C–C–N with tert-alkyl or cyclic N) is 1. The molecule has 5 nitrogen and oxygen atoms in total. The Morgan fingerprint density at radius 1 is 1.28 bits per heavy atom. The molecule has 1 amide bonds. The lowest BCUT2D eigenvalue weighted by Crippen LogP contribution is -2.33. The van der Waals surface area contributed by atoms with Gasteiger partial charge in [-0.25, -0.2) is 8.78 Å². The third-order valence-corrected chi connectivity index (χ3v) is 5.12. The highest BCUT2D eigenvalue weighted by Gasteiger charge is 2.39. The first-order valence-electron chi connectivity index (χ1n) is 8.54. The second-order valence-corrected chi connectivity index (χ2v) is 6.77. The smallest absolute Gasteiger partial charge is 0.275 e. The molecule has 1 fully saturated rings. The second-order valence-electron chi connectivity index (χ2n) is 6.77. The van der Waals surface area contributed by atoms with Gasteiger partial charge in [0.15, 0.2) is 5.69 Å². The molecule has 2 aromatic rings. The fourth-order valence-electron chi connectivity index (χ4n) is 3.90. The Bertz CT molecular complexity index is 821. The third kappa shape index (κ3) is 2.82. The van der Waals surface area contributed by atoms with E-state index in [1.165, 1.54) is 4.90 Å². The molecule has 2 atom stereocenters. The average Bonchev–Trinajstić information content (AvgIpc) is 3.20. The quantitative estimate of drug-likeness (QED) is 0.877. The van der Waals surface area contributed by atoms with Crippen LogP contribution in [0.15, 0.2) is 18.2 Å². The minimum Gasteiger partial charge on any atom is -0.391 e. The van der Waals surface area contributed by atoms with E-state index in [-0.39, 0.29) is 24.4 Å². The Kier molecular flexibility index (Phi) is 4.03. The molecule has 7 heteroatoms. The summed E-state index contributed by atoms with van der Waals surface area (Å²) in [6.45, 7) is 0.0844. The van der Waals surface area contributed by atoms with E-state index in [1.807, 2.05) is 0 Å². The predicted molar refractivity (Wildman–Crippen MR) is 86.0 cm³/mol. The van der Waals surface area contributed by atoms with Crippen molar-refractivity contribution in [1.82, 2.24) is 15.1 Å². The Labute approximate surface area is 143 Å². The van der Waals surface area contributed by atoms with Crippen LogP contribution in [0.5, 0.6) is 0 Å². The Morgan fingerprint density at radius 3 is 2.92 bits per heavy atom. The van der Waals surface area contributed by atoms with Gasteiger partial charge in [-0.3, -0.25) is 9.89 Å². The fraction of sp³-hybridized carbons (Fsp3) is 0.444. The molecule has 0 unspecified atom stereocenters. The molecule has 1 aliphatic carbocycles. The second kappa shape index (κ2) is 6.22. The van der Waals surface area contributed by atoms with Crippen LogP contribution in [-0.2, 0) is 12.8 Å². The number of aryl methyl sites for hydroxylation is 1. The molecule has 1 aromatic carbocycles. The molecule has 1 aromatic heterocycles. The Hall–Kier alpha value is -2.28. The Balaban J connectivity index is 1.69. The minimum absolute atomic E-state index is 0.0844. The van der Waals surface area contributed by atoms with Crippen LogP contribution < -0.4 is 0 Å². The summed E-state index contributed by atoms with van der Waals surface area (Å²) in [5.74, 6) is -1.49. The maximum atomic E-state index is 14.2. The molecule has 0 radical (unpaired) electrons. The summed E-state index contributed by atoms with van der Waals surface area (Å²) >= 11 is 0. The fourth-order valence-corrected chi connectivity index (χ4v) is 3.90. The van der Waals surface area contributed by atoms with Crippen molar-refractivity contribution in [1.29, 1.82) is 0 Å². The number of hydrogen-bond donors (Lipinski definition) is 2. The van der Waals surface area contributed by atoms with Crippen LogP contribution in [0.4, 0.5) is 8.78 Å². The zero-order chi connectivity index (χ0) is 17.6. The number of likely N-dealkylation sites (tertiary alicyclic amines) is 1. The summed E-state index contributed by atoms with van der Waals surface area (Å²) in [4.78, 5) is 14.4. The standard InChI is InChI=1S/C18H19F2N3O2/c19-10-5-6-14(20)13(7-10)16-8-11(24)9-23(16)18(25)17-12-3-1-2-4-15(12)21-22-17/h5-7,11,16,24H,1-4,8-9H2,(H,21,22)/t11-,16+/m0/s1. The first kappa shape index (κ1) is 16.2. The van der Waals surface area contributed by atoms with Crippen LogP contribution in [-0.4, -0.2) is 38.8 Å². The summed E-state index contributed by atoms with van der Waals surface area (Å²) in [6.07, 6.45) is 3.10. The number of nitrogens with one attached hydrogen (secondary N) is 1. The first-order chi connectivity index (χ1) is 12.0. The highest BCUT2D eigenvalue weighted by atomic mass is 19.1. The first-order valence-corrected chi connectivity index (χ1v) is 8.54. The third-order valence-electron chi connectivity index (χ3n) is 5.12. The van der Waals surface area contributed by atoms with E-state index < -0.39 is 23.8 Å². The summed E-state index contributed by atoms with van der Waals surface area (Å²) in [7, 11) is 0. The number of benzene rings is 1. The van der Waals surface area contributed by atoms with Crippen LogP contribution in [0.3, 0.4) is 0 Å². The highest BCUT2D eigenvalue weighted by Crippen LogP contribution is 2.36. The SMILES string of the molecule is O=C(c1n[nH]c2c1CCCC2)N1C[C@@H](O)C[C@@H]1c1cc(F)ccc1F. The molecule has 2 aliphatic rings. The number of H-pyrrole nitrogens is 1. The number of amides is 1. The number of aromatic amines is 1. The van der Waals surface area contributed by atoms with Gasteiger partial charge < -0.3 is 10.0 Å². The van der Waals surface area contributed by atoms with Crippen LogP contribution in [0.25, 0.3) is 0 Å². The summed E-state index contributed by atoms with van der Waals surface area (Å²) < 4.78 is 27.8. The monoisotopic (exact) mass is 347 g/mol. The number of fused-ring (bicyclic) bond motifs is 1. The van der Waals surface area contributed by atoms with Crippen molar-refractivity contribution in [3.8, 4) is 0 Å². The van der Waals surface area contributed by atoms with Gasteiger partial charge in [-0.1, -0.05) is 0 Å². The largest absolute Gasteiger partial charge is 0.391 e. The number of nitrogens with zero attached hydrogens (tertiary/aromatic N) is 2. The van der Waals surface area contributed by atoms with Gasteiger partial charge >= 0.3 is 0 Å². The van der Waals surface area contributed by atoms with E-state index in [2.05, 4.69) is 10.2 Å². The van der Waals surface area contributed by atoms with E-state index >= 15 is 0 Å². The molecule has 4 rings (SSSR count). The molecule has 1 aliphatic heterocycles. The van der Waals surface area contributed by atoms with Crippen LogP contribution in [0.1, 0.15) is 52.6 Å².